The minimum atomic E-state index is -0.619. The van der Waals surface area contributed by atoms with Crippen molar-refractivity contribution in [2.45, 2.75) is 19.4 Å². The van der Waals surface area contributed by atoms with Gasteiger partial charge in [0.2, 0.25) is 0 Å². The molecular formula is C26H24N6O3. The molecule has 3 aromatic heterocycles. The number of pyridine rings is 1. The molecule has 0 spiro atoms. The van der Waals surface area contributed by atoms with Gasteiger partial charge in [0.15, 0.2) is 0 Å². The van der Waals surface area contributed by atoms with E-state index in [1.54, 1.807) is 40.5 Å². The van der Waals surface area contributed by atoms with Crippen LogP contribution >= 0.6 is 0 Å². The van der Waals surface area contributed by atoms with Crippen LogP contribution in [-0.2, 0) is 4.79 Å². The van der Waals surface area contributed by atoms with Crippen molar-refractivity contribution in [1.29, 1.82) is 0 Å². The lowest BCUT2D eigenvalue weighted by atomic mass is 10.0. The van der Waals surface area contributed by atoms with Crippen molar-refractivity contribution in [1.82, 2.24) is 29.7 Å². The fourth-order valence-electron chi connectivity index (χ4n) is 4.54. The van der Waals surface area contributed by atoms with E-state index in [9.17, 15) is 14.4 Å². The topological polar surface area (TPSA) is 112 Å². The second kappa shape index (κ2) is 9.46. The predicted molar refractivity (Wildman–Crippen MR) is 130 cm³/mol. The quantitative estimate of drug-likeness (QED) is 0.356. The van der Waals surface area contributed by atoms with Gasteiger partial charge in [0.05, 0.1) is 16.6 Å². The lowest BCUT2D eigenvalue weighted by molar-refractivity contribution is -0.130. The molecule has 5 rings (SSSR count). The molecule has 1 aliphatic rings. The van der Waals surface area contributed by atoms with Crippen molar-refractivity contribution in [2.24, 2.45) is 0 Å². The first-order chi connectivity index (χ1) is 17.1. The summed E-state index contributed by atoms with van der Waals surface area (Å²) in [4.78, 5) is 58.4. The van der Waals surface area contributed by atoms with Gasteiger partial charge in [-0.2, -0.15) is 0 Å². The number of carbonyl (C=O) groups excluding carboxylic acids is 3. The Labute approximate surface area is 201 Å². The van der Waals surface area contributed by atoms with E-state index < -0.39 is 11.7 Å². The summed E-state index contributed by atoms with van der Waals surface area (Å²) in [5.74, 6) is -1.27. The minimum absolute atomic E-state index is 0.0688. The first-order valence-corrected chi connectivity index (χ1v) is 11.5. The maximum atomic E-state index is 13.3. The molecule has 9 nitrogen and oxygen atoms in total. The molecule has 1 fully saturated rings. The van der Waals surface area contributed by atoms with Crippen LogP contribution < -0.4 is 0 Å². The molecule has 1 unspecified atom stereocenters. The first kappa shape index (κ1) is 22.4. The second-order valence-corrected chi connectivity index (χ2v) is 8.42. The Morgan fingerprint density at radius 2 is 1.83 bits per heavy atom. The van der Waals surface area contributed by atoms with Crippen molar-refractivity contribution < 1.29 is 14.4 Å². The number of fused-ring (bicyclic) bond motifs is 1. The summed E-state index contributed by atoms with van der Waals surface area (Å²) >= 11 is 0. The van der Waals surface area contributed by atoms with Crippen molar-refractivity contribution >= 4 is 28.6 Å². The Morgan fingerprint density at radius 1 is 1.06 bits per heavy atom. The minimum Gasteiger partial charge on any atom is -0.359 e. The third-order valence-electron chi connectivity index (χ3n) is 6.40. The number of piperazine rings is 1. The molecule has 0 bridgehead atoms. The van der Waals surface area contributed by atoms with Crippen LogP contribution in [0.3, 0.4) is 0 Å². The van der Waals surface area contributed by atoms with Crippen LogP contribution in [0.15, 0.2) is 67.5 Å². The number of aromatic nitrogens is 4. The number of ketones is 1. The summed E-state index contributed by atoms with van der Waals surface area (Å²) in [6, 6.07) is 10.6. The number of H-pyrrole nitrogens is 1. The molecule has 0 radical (unpaired) electrons. The Kier molecular flexibility index (Phi) is 6.05. The molecule has 176 valence electrons. The highest BCUT2D eigenvalue weighted by Gasteiger charge is 2.35. The van der Waals surface area contributed by atoms with Gasteiger partial charge in [-0.25, -0.2) is 9.97 Å². The average molecular weight is 469 g/mol. The van der Waals surface area contributed by atoms with Gasteiger partial charge in [-0.05, 0) is 24.6 Å². The number of carbonyl (C=O) groups is 3. The zero-order valence-corrected chi connectivity index (χ0v) is 19.2. The van der Waals surface area contributed by atoms with E-state index in [-0.39, 0.29) is 17.5 Å². The number of nitrogens with one attached hydrogen (secondary N) is 1. The SMILES string of the molecule is CCC1CN(C(=O)c2ccccc2)CCN1C(=O)C(=O)c1c[nH]c2c(-c3cncnc3)ccnc12. The predicted octanol–water partition coefficient (Wildman–Crippen LogP) is 2.97. The zero-order chi connectivity index (χ0) is 24.4. The van der Waals surface area contributed by atoms with Gasteiger partial charge in [-0.15, -0.1) is 0 Å². The maximum absolute atomic E-state index is 13.3. The van der Waals surface area contributed by atoms with E-state index in [0.29, 0.717) is 42.7 Å². The molecule has 1 N–H and O–H groups in total. The first-order valence-electron chi connectivity index (χ1n) is 11.5. The molecule has 1 atom stereocenters. The van der Waals surface area contributed by atoms with Gasteiger partial charge >= 0.3 is 0 Å². The molecule has 1 aliphatic heterocycles. The molecule has 9 heteroatoms. The molecule has 0 aliphatic carbocycles. The smallest absolute Gasteiger partial charge is 0.295 e. The molecule has 4 heterocycles. The van der Waals surface area contributed by atoms with E-state index in [2.05, 4.69) is 19.9 Å². The molecule has 1 saturated heterocycles. The van der Waals surface area contributed by atoms with Gasteiger partial charge in [-0.3, -0.25) is 19.4 Å². The number of benzene rings is 1. The molecule has 2 amide bonds. The second-order valence-electron chi connectivity index (χ2n) is 8.42. The van der Waals surface area contributed by atoms with Crippen LogP contribution in [0.2, 0.25) is 0 Å². The summed E-state index contributed by atoms with van der Waals surface area (Å²) in [6.45, 7) is 3.00. The molecule has 1 aromatic carbocycles. The summed E-state index contributed by atoms with van der Waals surface area (Å²) in [6.07, 6.45) is 8.56. The Balaban J connectivity index is 1.37. The monoisotopic (exact) mass is 468 g/mol. The highest BCUT2D eigenvalue weighted by Crippen LogP contribution is 2.28. The van der Waals surface area contributed by atoms with Gasteiger partial charge in [-0.1, -0.05) is 25.1 Å². The van der Waals surface area contributed by atoms with Gasteiger partial charge in [0.1, 0.15) is 6.33 Å². The van der Waals surface area contributed by atoms with Gasteiger partial charge < -0.3 is 14.8 Å². The summed E-state index contributed by atoms with van der Waals surface area (Å²) < 4.78 is 0. The van der Waals surface area contributed by atoms with Gasteiger partial charge in [0.25, 0.3) is 17.6 Å². The van der Waals surface area contributed by atoms with Crippen LogP contribution in [0.25, 0.3) is 22.2 Å². The van der Waals surface area contributed by atoms with Crippen molar-refractivity contribution in [3.63, 3.8) is 0 Å². The summed E-state index contributed by atoms with van der Waals surface area (Å²) in [5, 5.41) is 0. The van der Waals surface area contributed by atoms with Crippen LogP contribution in [0, 0.1) is 0 Å². The fourth-order valence-corrected chi connectivity index (χ4v) is 4.54. The highest BCUT2D eigenvalue weighted by molar-refractivity contribution is 6.44. The lowest BCUT2D eigenvalue weighted by Crippen LogP contribution is -2.57. The van der Waals surface area contributed by atoms with E-state index >= 15 is 0 Å². The van der Waals surface area contributed by atoms with Crippen LogP contribution in [-0.4, -0.2) is 73.0 Å². The Bertz CT molecular complexity index is 1390. The molecule has 35 heavy (non-hydrogen) atoms. The number of rotatable bonds is 5. The number of hydrogen-bond donors (Lipinski definition) is 1. The molecule has 4 aromatic rings. The Morgan fingerprint density at radius 3 is 2.57 bits per heavy atom. The largest absolute Gasteiger partial charge is 0.359 e. The van der Waals surface area contributed by atoms with E-state index in [0.717, 1.165) is 11.1 Å². The highest BCUT2D eigenvalue weighted by atomic mass is 16.2. The maximum Gasteiger partial charge on any atom is 0.295 e. The van der Waals surface area contributed by atoms with Gasteiger partial charge in [0, 0.05) is 67.2 Å². The van der Waals surface area contributed by atoms with E-state index in [1.807, 2.05) is 31.2 Å². The summed E-state index contributed by atoms with van der Waals surface area (Å²) in [7, 11) is 0. The standard InChI is InChI=1S/C26H24N6O3/c1-2-19-15-31(25(34)17-6-4-3-5-7-17)10-11-32(19)26(35)24(33)21-14-30-22-20(8-9-29-23(21)22)18-12-27-16-28-13-18/h3-9,12-14,16,19,30H,2,10-11,15H2,1H3. The van der Waals surface area contributed by atoms with Crippen molar-refractivity contribution in [3.05, 3.63) is 78.6 Å². The number of amides is 2. The van der Waals surface area contributed by atoms with Crippen LogP contribution in [0.4, 0.5) is 0 Å². The third-order valence-corrected chi connectivity index (χ3v) is 6.40. The van der Waals surface area contributed by atoms with Crippen molar-refractivity contribution in [2.75, 3.05) is 19.6 Å². The third kappa shape index (κ3) is 4.16. The lowest BCUT2D eigenvalue weighted by Gasteiger charge is -2.40. The number of hydrogen-bond acceptors (Lipinski definition) is 6. The Hall–Kier alpha value is -4.40. The number of nitrogens with zero attached hydrogens (tertiary/aromatic N) is 5. The summed E-state index contributed by atoms with van der Waals surface area (Å²) in [5.41, 5.74) is 3.47. The number of aromatic amines is 1. The molecular weight excluding hydrogens is 444 g/mol. The number of Topliss-reactive ketones (excluding diaryl/α,β-unsaturated/α-hetero) is 1. The van der Waals surface area contributed by atoms with Crippen LogP contribution in [0.1, 0.15) is 34.1 Å². The van der Waals surface area contributed by atoms with Crippen molar-refractivity contribution in [3.8, 4) is 11.1 Å². The van der Waals surface area contributed by atoms with E-state index in [1.165, 1.54) is 12.5 Å². The van der Waals surface area contributed by atoms with Crippen LogP contribution in [0.5, 0.6) is 0 Å². The zero-order valence-electron chi connectivity index (χ0n) is 19.2. The van der Waals surface area contributed by atoms with E-state index in [4.69, 9.17) is 0 Å². The molecule has 0 saturated carbocycles. The fraction of sp³-hybridized carbons (Fsp3) is 0.231. The average Bonchev–Trinajstić information content (AvgIpc) is 3.37. The normalized spacial score (nSPS) is 15.9.